The maximum absolute atomic E-state index is 10.7. The van der Waals surface area contributed by atoms with Crippen LogP contribution in [0.25, 0.3) is 0 Å². The number of aromatic nitrogens is 2. The average Bonchev–Trinajstić information content (AvgIpc) is 2.45. The number of nitro benzene ring substituents is 1. The molecule has 0 atom stereocenters. The first-order valence-electron chi connectivity index (χ1n) is 5.51. The number of nitro groups is 1. The Morgan fingerprint density at radius 3 is 2.74 bits per heavy atom. The third kappa shape index (κ3) is 3.15. The van der Waals surface area contributed by atoms with Gasteiger partial charge < -0.3 is 10.1 Å². The Morgan fingerprint density at radius 1 is 1.37 bits per heavy atom. The van der Waals surface area contributed by atoms with E-state index in [1.807, 2.05) is 0 Å². The Morgan fingerprint density at radius 2 is 2.11 bits per heavy atom. The third-order valence-electron chi connectivity index (χ3n) is 2.49. The zero-order valence-corrected chi connectivity index (χ0v) is 10.2. The number of nitrogens with zero attached hydrogens (tertiary/aromatic N) is 3. The van der Waals surface area contributed by atoms with Gasteiger partial charge in [0.05, 0.1) is 17.7 Å². The van der Waals surface area contributed by atoms with Gasteiger partial charge in [0, 0.05) is 36.6 Å². The van der Waals surface area contributed by atoms with Gasteiger partial charge in [-0.1, -0.05) is 0 Å². The van der Waals surface area contributed by atoms with E-state index in [-0.39, 0.29) is 5.69 Å². The zero-order chi connectivity index (χ0) is 13.7. The van der Waals surface area contributed by atoms with E-state index >= 15 is 0 Å². The van der Waals surface area contributed by atoms with Crippen LogP contribution < -0.4 is 10.1 Å². The summed E-state index contributed by atoms with van der Waals surface area (Å²) in [5.41, 5.74) is 1.43. The molecule has 0 aliphatic heterocycles. The summed E-state index contributed by atoms with van der Waals surface area (Å²) in [6.45, 7) is 0.457. The predicted molar refractivity (Wildman–Crippen MR) is 69.0 cm³/mol. The van der Waals surface area contributed by atoms with Crippen LogP contribution in [0.4, 0.5) is 11.4 Å². The van der Waals surface area contributed by atoms with E-state index in [1.165, 1.54) is 25.6 Å². The maximum Gasteiger partial charge on any atom is 0.271 e. The van der Waals surface area contributed by atoms with Gasteiger partial charge in [-0.3, -0.25) is 10.1 Å². The molecule has 2 rings (SSSR count). The fourth-order valence-corrected chi connectivity index (χ4v) is 1.57. The minimum absolute atomic E-state index is 0.00705. The highest BCUT2D eigenvalue weighted by molar-refractivity contribution is 5.61. The van der Waals surface area contributed by atoms with Crippen molar-refractivity contribution in [3.05, 3.63) is 52.6 Å². The molecular weight excluding hydrogens is 248 g/mol. The highest BCUT2D eigenvalue weighted by atomic mass is 16.6. The smallest absolute Gasteiger partial charge is 0.271 e. The summed E-state index contributed by atoms with van der Waals surface area (Å²) in [6, 6.07) is 4.39. The summed E-state index contributed by atoms with van der Waals surface area (Å²) in [7, 11) is 1.51. The van der Waals surface area contributed by atoms with Crippen molar-refractivity contribution in [1.82, 2.24) is 9.97 Å². The molecule has 0 bridgehead atoms. The van der Waals surface area contributed by atoms with Crippen molar-refractivity contribution in [2.45, 2.75) is 6.54 Å². The van der Waals surface area contributed by atoms with Crippen molar-refractivity contribution in [3.63, 3.8) is 0 Å². The maximum atomic E-state index is 10.7. The first kappa shape index (κ1) is 12.7. The first-order chi connectivity index (χ1) is 9.20. The summed E-state index contributed by atoms with van der Waals surface area (Å²) in [5.74, 6) is 0.544. The summed E-state index contributed by atoms with van der Waals surface area (Å²) in [4.78, 5) is 18.1. The molecule has 1 aromatic heterocycles. The highest BCUT2D eigenvalue weighted by Crippen LogP contribution is 2.29. The van der Waals surface area contributed by atoms with Crippen molar-refractivity contribution in [3.8, 4) is 5.75 Å². The largest absolute Gasteiger partial charge is 0.495 e. The van der Waals surface area contributed by atoms with Gasteiger partial charge in [-0.15, -0.1) is 0 Å². The van der Waals surface area contributed by atoms with Crippen LogP contribution in [-0.4, -0.2) is 22.0 Å². The van der Waals surface area contributed by atoms with E-state index in [9.17, 15) is 10.1 Å². The Bertz CT molecular complexity index is 574. The second-order valence-corrected chi connectivity index (χ2v) is 3.74. The van der Waals surface area contributed by atoms with E-state index in [0.29, 0.717) is 18.0 Å². The molecule has 0 saturated carbocycles. The molecule has 2 aromatic rings. The molecule has 98 valence electrons. The van der Waals surface area contributed by atoms with Crippen LogP contribution in [0.3, 0.4) is 0 Å². The molecule has 0 unspecified atom stereocenters. The molecule has 1 aromatic carbocycles. The molecule has 0 spiro atoms. The van der Waals surface area contributed by atoms with E-state index in [1.54, 1.807) is 18.5 Å². The number of hydrogen-bond acceptors (Lipinski definition) is 6. The van der Waals surface area contributed by atoms with Crippen LogP contribution in [0, 0.1) is 10.1 Å². The van der Waals surface area contributed by atoms with Gasteiger partial charge >= 0.3 is 0 Å². The second-order valence-electron chi connectivity index (χ2n) is 3.74. The van der Waals surface area contributed by atoms with Gasteiger partial charge in [0.25, 0.3) is 5.69 Å². The highest BCUT2D eigenvalue weighted by Gasteiger charge is 2.11. The Labute approximate surface area is 109 Å². The van der Waals surface area contributed by atoms with Crippen molar-refractivity contribution < 1.29 is 9.66 Å². The SMILES string of the molecule is COc1ccc([N+](=O)[O-])cc1NCc1cncnc1. The summed E-state index contributed by atoms with van der Waals surface area (Å²) in [6.07, 6.45) is 4.78. The van der Waals surface area contributed by atoms with Crippen LogP contribution in [-0.2, 0) is 6.54 Å². The molecule has 0 aliphatic rings. The van der Waals surface area contributed by atoms with Crippen LogP contribution >= 0.6 is 0 Å². The van der Waals surface area contributed by atoms with E-state index in [2.05, 4.69) is 15.3 Å². The molecule has 0 saturated heterocycles. The van der Waals surface area contributed by atoms with Crippen molar-refractivity contribution in [2.75, 3.05) is 12.4 Å². The Balaban J connectivity index is 2.18. The van der Waals surface area contributed by atoms with Gasteiger partial charge in [0.15, 0.2) is 0 Å². The number of benzene rings is 1. The van der Waals surface area contributed by atoms with Crippen molar-refractivity contribution >= 4 is 11.4 Å². The standard InChI is InChI=1S/C12H12N4O3/c1-19-12-3-2-10(16(17)18)4-11(12)15-7-9-5-13-8-14-6-9/h2-6,8,15H,7H2,1H3. The van der Waals surface area contributed by atoms with Gasteiger partial charge in [-0.05, 0) is 6.07 Å². The summed E-state index contributed by atoms with van der Waals surface area (Å²) < 4.78 is 5.15. The number of methoxy groups -OCH3 is 1. The Kier molecular flexibility index (Phi) is 3.87. The molecule has 7 heteroatoms. The van der Waals surface area contributed by atoms with Gasteiger partial charge in [0.1, 0.15) is 12.1 Å². The van der Waals surface area contributed by atoms with Crippen molar-refractivity contribution in [2.24, 2.45) is 0 Å². The molecule has 1 N–H and O–H groups in total. The van der Waals surface area contributed by atoms with E-state index < -0.39 is 4.92 Å². The lowest BCUT2D eigenvalue weighted by molar-refractivity contribution is -0.384. The minimum atomic E-state index is -0.448. The predicted octanol–water partition coefficient (Wildman–Crippen LogP) is 2.01. The normalized spacial score (nSPS) is 9.95. The number of hydrogen-bond donors (Lipinski definition) is 1. The number of anilines is 1. The molecule has 7 nitrogen and oxygen atoms in total. The topological polar surface area (TPSA) is 90.2 Å². The second kappa shape index (κ2) is 5.76. The summed E-state index contributed by atoms with van der Waals surface area (Å²) >= 11 is 0. The van der Waals surface area contributed by atoms with Crippen LogP contribution in [0.15, 0.2) is 36.9 Å². The fraction of sp³-hybridized carbons (Fsp3) is 0.167. The molecule has 0 fully saturated rings. The van der Waals surface area contributed by atoms with Gasteiger partial charge in [-0.2, -0.15) is 0 Å². The number of ether oxygens (including phenoxy) is 1. The van der Waals surface area contributed by atoms with Crippen LogP contribution in [0.2, 0.25) is 0 Å². The molecule has 0 amide bonds. The number of rotatable bonds is 5. The molecule has 1 heterocycles. The van der Waals surface area contributed by atoms with Crippen LogP contribution in [0.1, 0.15) is 5.56 Å². The van der Waals surface area contributed by atoms with Gasteiger partial charge in [-0.25, -0.2) is 9.97 Å². The number of nitrogens with one attached hydrogen (secondary N) is 1. The van der Waals surface area contributed by atoms with Crippen LogP contribution in [0.5, 0.6) is 5.75 Å². The molecular formula is C12H12N4O3. The third-order valence-corrected chi connectivity index (χ3v) is 2.49. The number of non-ortho nitro benzene ring substituents is 1. The minimum Gasteiger partial charge on any atom is -0.495 e. The molecule has 19 heavy (non-hydrogen) atoms. The van der Waals surface area contributed by atoms with E-state index in [4.69, 9.17) is 4.74 Å². The lowest BCUT2D eigenvalue weighted by Gasteiger charge is -2.10. The molecule has 0 radical (unpaired) electrons. The quantitative estimate of drug-likeness (QED) is 0.653. The van der Waals surface area contributed by atoms with Gasteiger partial charge in [0.2, 0.25) is 0 Å². The summed E-state index contributed by atoms with van der Waals surface area (Å²) in [5, 5.41) is 13.8. The lowest BCUT2D eigenvalue weighted by atomic mass is 10.2. The molecule has 0 aliphatic carbocycles. The van der Waals surface area contributed by atoms with Crippen molar-refractivity contribution in [1.29, 1.82) is 0 Å². The fourth-order valence-electron chi connectivity index (χ4n) is 1.57. The average molecular weight is 260 g/mol. The zero-order valence-electron chi connectivity index (χ0n) is 10.2. The Hall–Kier alpha value is -2.70. The van der Waals surface area contributed by atoms with E-state index in [0.717, 1.165) is 5.56 Å². The first-order valence-corrected chi connectivity index (χ1v) is 5.51. The monoisotopic (exact) mass is 260 g/mol. The lowest BCUT2D eigenvalue weighted by Crippen LogP contribution is -2.03.